The molecule has 0 unspecified atom stereocenters. The summed E-state index contributed by atoms with van der Waals surface area (Å²) in [7, 11) is 0. The van der Waals surface area contributed by atoms with Gasteiger partial charge in [-0.1, -0.05) is 35.9 Å². The van der Waals surface area contributed by atoms with E-state index in [0.29, 0.717) is 41.8 Å². The average Bonchev–Trinajstić information content (AvgIpc) is 2.72. The molecule has 0 bridgehead atoms. The second-order valence-electron chi connectivity index (χ2n) is 6.49. The van der Waals surface area contributed by atoms with Crippen molar-refractivity contribution < 1.29 is 23.8 Å². The van der Waals surface area contributed by atoms with E-state index in [0.717, 1.165) is 6.42 Å². The number of fused-ring (bicyclic) bond motifs is 1. The van der Waals surface area contributed by atoms with Crippen molar-refractivity contribution in [3.8, 4) is 11.5 Å². The van der Waals surface area contributed by atoms with Crippen LogP contribution in [-0.2, 0) is 20.7 Å². The third-order valence-electron chi connectivity index (χ3n) is 4.35. The van der Waals surface area contributed by atoms with Crippen molar-refractivity contribution in [2.24, 2.45) is 0 Å². The van der Waals surface area contributed by atoms with Crippen molar-refractivity contribution in [3.63, 3.8) is 0 Å². The van der Waals surface area contributed by atoms with Gasteiger partial charge in [-0.05, 0) is 48.2 Å². The number of hydrogen-bond acceptors (Lipinski definition) is 5. The van der Waals surface area contributed by atoms with Crippen molar-refractivity contribution >= 4 is 29.6 Å². The standard InChI is InChI=1S/C22H22ClNO5/c1-15-4-2-3-5-17(15)8-9-24-20(25)14-29-21(26)7-6-16-12-18(23)22-19(13-16)27-10-11-28-22/h2-7,12-13H,8-11,14H2,1H3,(H,24,25)/b7-6+. The summed E-state index contributed by atoms with van der Waals surface area (Å²) < 4.78 is 15.9. The van der Waals surface area contributed by atoms with E-state index in [2.05, 4.69) is 5.32 Å². The molecule has 29 heavy (non-hydrogen) atoms. The molecular formula is C22H22ClNO5. The van der Waals surface area contributed by atoms with Crippen LogP contribution >= 0.6 is 11.6 Å². The Kier molecular flexibility index (Phi) is 7.14. The van der Waals surface area contributed by atoms with E-state index in [1.165, 1.54) is 17.2 Å². The van der Waals surface area contributed by atoms with Crippen LogP contribution in [0.25, 0.3) is 6.08 Å². The highest BCUT2D eigenvalue weighted by atomic mass is 35.5. The summed E-state index contributed by atoms with van der Waals surface area (Å²) in [5, 5.41) is 3.15. The summed E-state index contributed by atoms with van der Waals surface area (Å²) in [6.45, 7) is 3.06. The van der Waals surface area contributed by atoms with E-state index in [1.807, 2.05) is 31.2 Å². The second-order valence-corrected chi connectivity index (χ2v) is 6.90. The molecule has 0 saturated heterocycles. The fraction of sp³-hybridized carbons (Fsp3) is 0.273. The van der Waals surface area contributed by atoms with Crippen LogP contribution in [0.15, 0.2) is 42.5 Å². The third kappa shape index (κ3) is 5.99. The number of halogens is 1. The Balaban J connectivity index is 1.43. The molecule has 0 saturated carbocycles. The number of ether oxygens (including phenoxy) is 3. The van der Waals surface area contributed by atoms with E-state index < -0.39 is 5.97 Å². The summed E-state index contributed by atoms with van der Waals surface area (Å²) in [5.74, 6) is 0.0672. The van der Waals surface area contributed by atoms with Crippen molar-refractivity contribution in [1.29, 1.82) is 0 Å². The summed E-state index contributed by atoms with van der Waals surface area (Å²) in [5.41, 5.74) is 3.02. The van der Waals surface area contributed by atoms with Gasteiger partial charge in [0, 0.05) is 12.6 Å². The molecule has 0 aromatic heterocycles. The summed E-state index contributed by atoms with van der Waals surface area (Å²) in [6, 6.07) is 11.4. The summed E-state index contributed by atoms with van der Waals surface area (Å²) in [4.78, 5) is 23.7. The van der Waals surface area contributed by atoms with Crippen LogP contribution in [0.3, 0.4) is 0 Å². The molecule has 0 aliphatic carbocycles. The van der Waals surface area contributed by atoms with Crippen molar-refractivity contribution in [1.82, 2.24) is 5.32 Å². The molecule has 1 amide bonds. The highest BCUT2D eigenvalue weighted by molar-refractivity contribution is 6.32. The van der Waals surface area contributed by atoms with Gasteiger partial charge in [-0.15, -0.1) is 0 Å². The first kappa shape index (κ1) is 20.7. The van der Waals surface area contributed by atoms with E-state index in [9.17, 15) is 9.59 Å². The van der Waals surface area contributed by atoms with E-state index in [1.54, 1.807) is 18.2 Å². The molecule has 1 heterocycles. The first-order chi connectivity index (χ1) is 14.0. The molecule has 1 aliphatic heterocycles. The molecule has 2 aromatic rings. The van der Waals surface area contributed by atoms with Gasteiger partial charge in [0.15, 0.2) is 18.1 Å². The average molecular weight is 416 g/mol. The number of amides is 1. The molecule has 7 heteroatoms. The highest BCUT2D eigenvalue weighted by Gasteiger charge is 2.16. The largest absolute Gasteiger partial charge is 0.486 e. The zero-order valence-electron chi connectivity index (χ0n) is 16.1. The highest BCUT2D eigenvalue weighted by Crippen LogP contribution is 2.38. The van der Waals surface area contributed by atoms with Crippen LogP contribution in [0.1, 0.15) is 16.7 Å². The van der Waals surface area contributed by atoms with Crippen molar-refractivity contribution in [2.45, 2.75) is 13.3 Å². The van der Waals surface area contributed by atoms with Crippen LogP contribution in [0.2, 0.25) is 5.02 Å². The minimum atomic E-state index is -0.620. The molecule has 0 spiro atoms. The maximum atomic E-state index is 11.9. The van der Waals surface area contributed by atoms with Crippen molar-refractivity contribution in [2.75, 3.05) is 26.4 Å². The predicted molar refractivity (Wildman–Crippen MR) is 110 cm³/mol. The molecule has 0 atom stereocenters. The molecule has 6 nitrogen and oxygen atoms in total. The smallest absolute Gasteiger partial charge is 0.331 e. The molecule has 1 N–H and O–H groups in total. The van der Waals surface area contributed by atoms with Gasteiger partial charge in [-0.3, -0.25) is 4.79 Å². The fourth-order valence-corrected chi connectivity index (χ4v) is 3.13. The van der Waals surface area contributed by atoms with Gasteiger partial charge < -0.3 is 19.5 Å². The predicted octanol–water partition coefficient (Wildman–Crippen LogP) is 3.33. The van der Waals surface area contributed by atoms with Gasteiger partial charge in [0.05, 0.1) is 5.02 Å². The number of esters is 1. The van der Waals surface area contributed by atoms with Crippen LogP contribution in [0.5, 0.6) is 11.5 Å². The topological polar surface area (TPSA) is 73.9 Å². The maximum absolute atomic E-state index is 11.9. The van der Waals surface area contributed by atoms with Gasteiger partial charge in [0.2, 0.25) is 0 Å². The quantitative estimate of drug-likeness (QED) is 0.554. The molecule has 3 rings (SSSR count). The van der Waals surface area contributed by atoms with Gasteiger partial charge in [0.25, 0.3) is 5.91 Å². The van der Waals surface area contributed by atoms with Gasteiger partial charge in [0.1, 0.15) is 13.2 Å². The zero-order valence-corrected chi connectivity index (χ0v) is 16.8. The number of nitrogens with one attached hydrogen (secondary N) is 1. The lowest BCUT2D eigenvalue weighted by Gasteiger charge is -2.19. The minimum absolute atomic E-state index is 0.334. The molecule has 152 valence electrons. The third-order valence-corrected chi connectivity index (χ3v) is 4.64. The monoisotopic (exact) mass is 415 g/mol. The first-order valence-corrected chi connectivity index (χ1v) is 9.66. The Hall–Kier alpha value is -2.99. The zero-order chi connectivity index (χ0) is 20.6. The lowest BCUT2D eigenvalue weighted by molar-refractivity contribution is -0.143. The molecule has 0 radical (unpaired) electrons. The van der Waals surface area contributed by atoms with E-state index >= 15 is 0 Å². The van der Waals surface area contributed by atoms with E-state index in [4.69, 9.17) is 25.8 Å². The Bertz CT molecular complexity index is 925. The summed E-state index contributed by atoms with van der Waals surface area (Å²) in [6.07, 6.45) is 3.50. The normalized spacial score (nSPS) is 12.6. The lowest BCUT2D eigenvalue weighted by Crippen LogP contribution is -2.30. The lowest BCUT2D eigenvalue weighted by atomic mass is 10.1. The molecular weight excluding hydrogens is 394 g/mol. The summed E-state index contributed by atoms with van der Waals surface area (Å²) >= 11 is 6.16. The maximum Gasteiger partial charge on any atom is 0.331 e. The number of rotatable bonds is 7. The van der Waals surface area contributed by atoms with Gasteiger partial charge >= 0.3 is 5.97 Å². The SMILES string of the molecule is Cc1ccccc1CCNC(=O)COC(=O)/C=C/c1cc(Cl)c2c(c1)OCCO2. The number of carbonyl (C=O) groups is 2. The Morgan fingerprint density at radius 3 is 2.83 bits per heavy atom. The van der Waals surface area contributed by atoms with Crippen LogP contribution < -0.4 is 14.8 Å². The minimum Gasteiger partial charge on any atom is -0.486 e. The van der Waals surface area contributed by atoms with Crippen LogP contribution in [-0.4, -0.2) is 38.2 Å². The Morgan fingerprint density at radius 1 is 1.21 bits per heavy atom. The van der Waals surface area contributed by atoms with Gasteiger partial charge in [-0.2, -0.15) is 0 Å². The first-order valence-electron chi connectivity index (χ1n) is 9.28. The number of benzene rings is 2. The number of aryl methyl sites for hydroxylation is 1. The second kappa shape index (κ2) is 9.98. The Morgan fingerprint density at radius 2 is 2.00 bits per heavy atom. The molecule has 1 aliphatic rings. The van der Waals surface area contributed by atoms with Crippen LogP contribution in [0, 0.1) is 6.92 Å². The van der Waals surface area contributed by atoms with Crippen molar-refractivity contribution in [3.05, 3.63) is 64.2 Å². The Labute approximate surface area is 174 Å². The van der Waals surface area contributed by atoms with Gasteiger partial charge in [-0.25, -0.2) is 4.79 Å². The molecule has 2 aromatic carbocycles. The van der Waals surface area contributed by atoms with E-state index in [-0.39, 0.29) is 12.5 Å². The fourth-order valence-electron chi connectivity index (χ4n) is 2.85. The number of carbonyl (C=O) groups excluding carboxylic acids is 2. The number of hydrogen-bond donors (Lipinski definition) is 1. The molecule has 0 fully saturated rings. The van der Waals surface area contributed by atoms with Crippen LogP contribution in [0.4, 0.5) is 0 Å².